The summed E-state index contributed by atoms with van der Waals surface area (Å²) in [6.07, 6.45) is 3.33. The lowest BCUT2D eigenvalue weighted by atomic mass is 9.77. The van der Waals surface area contributed by atoms with Gasteiger partial charge in [0.05, 0.1) is 25.4 Å². The SMILES string of the molecule is COc1ccccc1[C@H]1CO[C@]2(CCCN[C@H]2c2ccccc2)C1. The highest BCUT2D eigenvalue weighted by atomic mass is 16.5. The molecule has 3 atom stereocenters. The van der Waals surface area contributed by atoms with Gasteiger partial charge in [-0.3, -0.25) is 0 Å². The number of para-hydroxylation sites is 1. The van der Waals surface area contributed by atoms with Gasteiger partial charge in [-0.25, -0.2) is 0 Å². The smallest absolute Gasteiger partial charge is 0.122 e. The molecule has 1 N–H and O–H groups in total. The first-order valence-corrected chi connectivity index (χ1v) is 8.88. The Morgan fingerprint density at radius 3 is 2.71 bits per heavy atom. The Labute approximate surface area is 144 Å². The van der Waals surface area contributed by atoms with Crippen molar-refractivity contribution in [2.45, 2.75) is 36.8 Å². The van der Waals surface area contributed by atoms with Crippen LogP contribution in [0.5, 0.6) is 5.75 Å². The molecule has 2 aromatic rings. The summed E-state index contributed by atoms with van der Waals surface area (Å²) in [5, 5.41) is 3.71. The van der Waals surface area contributed by atoms with Crippen LogP contribution in [0.25, 0.3) is 0 Å². The third kappa shape index (κ3) is 2.72. The fourth-order valence-electron chi connectivity index (χ4n) is 4.41. The Balaban J connectivity index is 1.63. The van der Waals surface area contributed by atoms with E-state index < -0.39 is 0 Å². The van der Waals surface area contributed by atoms with E-state index in [1.54, 1.807) is 7.11 Å². The number of piperidine rings is 1. The maximum absolute atomic E-state index is 6.50. The van der Waals surface area contributed by atoms with Gasteiger partial charge < -0.3 is 14.8 Å². The Bertz CT molecular complexity index is 687. The van der Waals surface area contributed by atoms with Crippen molar-refractivity contribution in [3.05, 3.63) is 65.7 Å². The van der Waals surface area contributed by atoms with Gasteiger partial charge in [-0.05, 0) is 43.0 Å². The maximum Gasteiger partial charge on any atom is 0.122 e. The van der Waals surface area contributed by atoms with Crippen LogP contribution in [0.4, 0.5) is 0 Å². The Kier molecular flexibility index (Phi) is 4.30. The molecule has 0 bridgehead atoms. The van der Waals surface area contributed by atoms with Gasteiger partial charge in [-0.15, -0.1) is 0 Å². The van der Waals surface area contributed by atoms with Crippen molar-refractivity contribution in [3.63, 3.8) is 0 Å². The average molecular weight is 323 g/mol. The van der Waals surface area contributed by atoms with Crippen LogP contribution < -0.4 is 10.1 Å². The molecule has 0 radical (unpaired) electrons. The summed E-state index contributed by atoms with van der Waals surface area (Å²) in [4.78, 5) is 0. The van der Waals surface area contributed by atoms with E-state index in [9.17, 15) is 0 Å². The quantitative estimate of drug-likeness (QED) is 0.924. The van der Waals surface area contributed by atoms with E-state index in [4.69, 9.17) is 9.47 Å². The van der Waals surface area contributed by atoms with Crippen LogP contribution >= 0.6 is 0 Å². The molecule has 2 aliphatic heterocycles. The van der Waals surface area contributed by atoms with Crippen LogP contribution in [0.1, 0.15) is 42.3 Å². The Morgan fingerprint density at radius 2 is 1.88 bits per heavy atom. The minimum absolute atomic E-state index is 0.106. The summed E-state index contributed by atoms with van der Waals surface area (Å²) in [5.74, 6) is 1.37. The minimum Gasteiger partial charge on any atom is -0.496 e. The standard InChI is InChI=1S/C21H25NO2/c1-23-19-11-6-5-10-18(19)17-14-21(24-15-17)12-7-13-22-20(21)16-8-3-2-4-9-16/h2-6,8-11,17,20,22H,7,12-15H2,1H3/t17-,20+,21-/m1/s1. The van der Waals surface area contributed by atoms with Gasteiger partial charge in [-0.1, -0.05) is 48.5 Å². The molecule has 2 aromatic carbocycles. The number of ether oxygens (including phenoxy) is 2. The molecule has 2 fully saturated rings. The molecule has 2 aliphatic rings. The van der Waals surface area contributed by atoms with Gasteiger partial charge in [0.1, 0.15) is 5.75 Å². The molecule has 0 saturated carbocycles. The molecule has 0 aliphatic carbocycles. The van der Waals surface area contributed by atoms with Crippen LogP contribution in [0.2, 0.25) is 0 Å². The van der Waals surface area contributed by atoms with Crippen molar-refractivity contribution in [1.29, 1.82) is 0 Å². The van der Waals surface area contributed by atoms with Crippen molar-refractivity contribution < 1.29 is 9.47 Å². The van der Waals surface area contributed by atoms with E-state index in [2.05, 4.69) is 47.8 Å². The first-order valence-electron chi connectivity index (χ1n) is 8.88. The zero-order valence-corrected chi connectivity index (χ0v) is 14.2. The number of benzene rings is 2. The molecule has 0 unspecified atom stereocenters. The molecule has 2 saturated heterocycles. The summed E-state index contributed by atoms with van der Waals surface area (Å²) in [7, 11) is 1.75. The van der Waals surface area contributed by atoms with Crippen LogP contribution in [0.3, 0.4) is 0 Å². The predicted molar refractivity (Wildman–Crippen MR) is 95.5 cm³/mol. The van der Waals surface area contributed by atoms with Gasteiger partial charge in [0.15, 0.2) is 0 Å². The number of hydrogen-bond acceptors (Lipinski definition) is 3. The molecule has 1 spiro atoms. The normalized spacial score (nSPS) is 29.7. The van der Waals surface area contributed by atoms with E-state index >= 15 is 0 Å². The van der Waals surface area contributed by atoms with Gasteiger partial charge in [-0.2, -0.15) is 0 Å². The highest BCUT2D eigenvalue weighted by Crippen LogP contribution is 2.49. The van der Waals surface area contributed by atoms with Crippen molar-refractivity contribution in [3.8, 4) is 5.75 Å². The zero-order valence-electron chi connectivity index (χ0n) is 14.2. The first kappa shape index (κ1) is 15.7. The van der Waals surface area contributed by atoms with E-state index in [1.165, 1.54) is 17.5 Å². The lowest BCUT2D eigenvalue weighted by molar-refractivity contribution is -0.0484. The minimum atomic E-state index is -0.106. The Morgan fingerprint density at radius 1 is 1.08 bits per heavy atom. The fourth-order valence-corrected chi connectivity index (χ4v) is 4.41. The zero-order chi connectivity index (χ0) is 16.4. The predicted octanol–water partition coefficient (Wildman–Crippen LogP) is 4.06. The second kappa shape index (κ2) is 6.58. The van der Waals surface area contributed by atoms with Crippen LogP contribution in [0.15, 0.2) is 54.6 Å². The van der Waals surface area contributed by atoms with Gasteiger partial charge in [0.25, 0.3) is 0 Å². The number of nitrogens with one attached hydrogen (secondary N) is 1. The molecule has 2 heterocycles. The number of rotatable bonds is 3. The molecule has 0 aromatic heterocycles. The second-order valence-electron chi connectivity index (χ2n) is 6.92. The highest BCUT2D eigenvalue weighted by molar-refractivity contribution is 5.38. The lowest BCUT2D eigenvalue weighted by Crippen LogP contribution is -2.48. The third-order valence-corrected chi connectivity index (χ3v) is 5.53. The Hall–Kier alpha value is -1.84. The second-order valence-corrected chi connectivity index (χ2v) is 6.92. The van der Waals surface area contributed by atoms with E-state index in [1.807, 2.05) is 12.1 Å². The van der Waals surface area contributed by atoms with Crippen LogP contribution in [-0.4, -0.2) is 25.9 Å². The van der Waals surface area contributed by atoms with Crippen LogP contribution in [0, 0.1) is 0 Å². The molecule has 3 nitrogen and oxygen atoms in total. The van der Waals surface area contributed by atoms with E-state index in [0.717, 1.165) is 31.7 Å². The highest BCUT2D eigenvalue weighted by Gasteiger charge is 2.48. The van der Waals surface area contributed by atoms with Crippen molar-refractivity contribution in [2.24, 2.45) is 0 Å². The van der Waals surface area contributed by atoms with Crippen molar-refractivity contribution >= 4 is 0 Å². The molecule has 0 amide bonds. The topological polar surface area (TPSA) is 30.5 Å². The van der Waals surface area contributed by atoms with Crippen molar-refractivity contribution in [2.75, 3.05) is 20.3 Å². The summed E-state index contributed by atoms with van der Waals surface area (Å²) in [6.45, 7) is 1.83. The van der Waals surface area contributed by atoms with Gasteiger partial charge >= 0.3 is 0 Å². The first-order chi connectivity index (χ1) is 11.8. The van der Waals surface area contributed by atoms with Gasteiger partial charge in [0, 0.05) is 5.92 Å². The average Bonchev–Trinajstić information content (AvgIpc) is 3.07. The van der Waals surface area contributed by atoms with Gasteiger partial charge in [0.2, 0.25) is 0 Å². The monoisotopic (exact) mass is 323 g/mol. The number of hydrogen-bond donors (Lipinski definition) is 1. The summed E-state index contributed by atoms with van der Waals surface area (Å²) in [6, 6.07) is 19.4. The molecule has 3 heteroatoms. The van der Waals surface area contributed by atoms with Crippen molar-refractivity contribution in [1.82, 2.24) is 5.32 Å². The van der Waals surface area contributed by atoms with E-state index in [0.29, 0.717) is 5.92 Å². The maximum atomic E-state index is 6.50. The summed E-state index contributed by atoms with van der Waals surface area (Å²) < 4.78 is 12.1. The molecule has 4 rings (SSSR count). The molecule has 24 heavy (non-hydrogen) atoms. The summed E-state index contributed by atoms with van der Waals surface area (Å²) in [5.41, 5.74) is 2.50. The van der Waals surface area contributed by atoms with Crippen LogP contribution in [-0.2, 0) is 4.74 Å². The molecular weight excluding hydrogens is 298 g/mol. The molecule has 126 valence electrons. The fraction of sp³-hybridized carbons (Fsp3) is 0.429. The largest absolute Gasteiger partial charge is 0.496 e. The third-order valence-electron chi connectivity index (χ3n) is 5.53. The molecular formula is C21H25NO2. The lowest BCUT2D eigenvalue weighted by Gasteiger charge is -2.41. The summed E-state index contributed by atoms with van der Waals surface area (Å²) >= 11 is 0. The van der Waals surface area contributed by atoms with E-state index in [-0.39, 0.29) is 11.6 Å². The number of methoxy groups -OCH3 is 1.